The first-order valence-electron chi connectivity index (χ1n) is 7.17. The molecule has 0 bridgehead atoms. The maximum absolute atomic E-state index is 12.3. The second kappa shape index (κ2) is 7.40. The minimum absolute atomic E-state index is 0.00310. The van der Waals surface area contributed by atoms with E-state index in [9.17, 15) is 14.4 Å². The van der Waals surface area contributed by atoms with Gasteiger partial charge in [-0.1, -0.05) is 0 Å². The van der Waals surface area contributed by atoms with Crippen molar-refractivity contribution in [2.75, 3.05) is 18.4 Å². The lowest BCUT2D eigenvalue weighted by atomic mass is 10.1. The summed E-state index contributed by atoms with van der Waals surface area (Å²) in [5.74, 6) is -1.71. The molecule has 0 saturated carbocycles. The molecule has 0 radical (unpaired) electrons. The Morgan fingerprint density at radius 1 is 1.00 bits per heavy atom. The fourth-order valence-corrected chi connectivity index (χ4v) is 2.31. The van der Waals surface area contributed by atoms with Crippen LogP contribution in [0.15, 0.2) is 36.4 Å². The Bertz CT molecular complexity index is 587. The zero-order valence-corrected chi connectivity index (χ0v) is 12.1. The van der Waals surface area contributed by atoms with Crippen LogP contribution in [0.1, 0.15) is 29.6 Å². The summed E-state index contributed by atoms with van der Waals surface area (Å²) >= 11 is 0. The molecule has 2 rings (SSSR count). The second-order valence-corrected chi connectivity index (χ2v) is 5.09. The van der Waals surface area contributed by atoms with Crippen LogP contribution in [0, 0.1) is 0 Å². The number of carbonyl (C=O) groups is 3. The molecule has 1 aromatic rings. The van der Waals surface area contributed by atoms with Gasteiger partial charge >= 0.3 is 5.97 Å². The van der Waals surface area contributed by atoms with E-state index in [-0.39, 0.29) is 5.91 Å². The van der Waals surface area contributed by atoms with Gasteiger partial charge in [-0.15, -0.1) is 0 Å². The van der Waals surface area contributed by atoms with Crippen LogP contribution in [0.2, 0.25) is 0 Å². The highest BCUT2D eigenvalue weighted by Gasteiger charge is 2.17. The Balaban J connectivity index is 1.96. The van der Waals surface area contributed by atoms with Crippen molar-refractivity contribution in [3.8, 4) is 0 Å². The number of anilines is 1. The first-order chi connectivity index (χ1) is 10.6. The number of carboxylic acid groups (broad SMARTS) is 1. The molecule has 1 aliphatic rings. The van der Waals surface area contributed by atoms with Gasteiger partial charge in [-0.25, -0.2) is 4.79 Å². The van der Waals surface area contributed by atoms with Crippen molar-refractivity contribution >= 4 is 23.5 Å². The molecule has 0 aromatic heterocycles. The highest BCUT2D eigenvalue weighted by molar-refractivity contribution is 6.02. The average Bonchev–Trinajstić information content (AvgIpc) is 2.54. The number of nitrogens with one attached hydrogen (secondary N) is 1. The molecule has 116 valence electrons. The SMILES string of the molecule is O=C(O)/C=C/C(=O)Nc1ccc(C(=O)N2CCCCC2)cc1. The quantitative estimate of drug-likeness (QED) is 0.832. The fraction of sp³-hybridized carbons (Fsp3) is 0.312. The van der Waals surface area contributed by atoms with Gasteiger partial charge in [-0.3, -0.25) is 9.59 Å². The molecule has 1 saturated heterocycles. The van der Waals surface area contributed by atoms with Crippen LogP contribution in [0.3, 0.4) is 0 Å². The third-order valence-corrected chi connectivity index (χ3v) is 3.42. The topological polar surface area (TPSA) is 86.7 Å². The number of carboxylic acids is 1. The molecule has 6 nitrogen and oxygen atoms in total. The first-order valence-corrected chi connectivity index (χ1v) is 7.17. The lowest BCUT2D eigenvalue weighted by molar-refractivity contribution is -0.131. The van der Waals surface area contributed by atoms with E-state index in [0.29, 0.717) is 11.3 Å². The molecule has 2 amide bonds. The second-order valence-electron chi connectivity index (χ2n) is 5.09. The Hall–Kier alpha value is -2.63. The molecule has 2 N–H and O–H groups in total. The van der Waals surface area contributed by atoms with Gasteiger partial charge in [0.05, 0.1) is 0 Å². The predicted octanol–water partition coefficient (Wildman–Crippen LogP) is 1.89. The Morgan fingerprint density at radius 3 is 2.23 bits per heavy atom. The standard InChI is InChI=1S/C16H18N2O4/c19-14(8-9-15(20)21)17-13-6-4-12(5-7-13)16(22)18-10-2-1-3-11-18/h4-9H,1-3,10-11H2,(H,17,19)(H,20,21)/b9-8+. The van der Waals surface area contributed by atoms with Crippen molar-refractivity contribution in [3.63, 3.8) is 0 Å². The summed E-state index contributed by atoms with van der Waals surface area (Å²) in [6.45, 7) is 1.58. The molecule has 0 atom stereocenters. The number of rotatable bonds is 4. The van der Waals surface area contributed by atoms with Crippen LogP contribution >= 0.6 is 0 Å². The van der Waals surface area contributed by atoms with Crippen molar-refractivity contribution < 1.29 is 19.5 Å². The minimum Gasteiger partial charge on any atom is -0.478 e. The smallest absolute Gasteiger partial charge is 0.328 e. The Kier molecular flexibility index (Phi) is 5.30. The number of amides is 2. The van der Waals surface area contributed by atoms with Crippen LogP contribution in [0.25, 0.3) is 0 Å². The molecule has 1 heterocycles. The highest BCUT2D eigenvalue weighted by Crippen LogP contribution is 2.15. The summed E-state index contributed by atoms with van der Waals surface area (Å²) in [7, 11) is 0. The van der Waals surface area contributed by atoms with Gasteiger partial charge < -0.3 is 15.3 Å². The number of hydrogen-bond donors (Lipinski definition) is 2. The molecule has 0 spiro atoms. The van der Waals surface area contributed by atoms with Crippen LogP contribution in [-0.2, 0) is 9.59 Å². The third-order valence-electron chi connectivity index (χ3n) is 3.42. The molecule has 1 aliphatic heterocycles. The summed E-state index contributed by atoms with van der Waals surface area (Å²) in [4.78, 5) is 35.9. The molecule has 1 aromatic carbocycles. The molecule has 22 heavy (non-hydrogen) atoms. The molecule has 0 unspecified atom stereocenters. The van der Waals surface area contributed by atoms with Gasteiger partial charge in [0.25, 0.3) is 5.91 Å². The van der Waals surface area contributed by atoms with Crippen LogP contribution in [0.4, 0.5) is 5.69 Å². The Labute approximate surface area is 128 Å². The van der Waals surface area contributed by atoms with Crippen molar-refractivity contribution in [2.24, 2.45) is 0 Å². The fourth-order valence-electron chi connectivity index (χ4n) is 2.31. The van der Waals surface area contributed by atoms with E-state index in [1.165, 1.54) is 6.42 Å². The van der Waals surface area contributed by atoms with Gasteiger partial charge in [0.2, 0.25) is 5.91 Å². The van der Waals surface area contributed by atoms with E-state index in [2.05, 4.69) is 5.32 Å². The third kappa shape index (κ3) is 4.44. The molecule has 1 fully saturated rings. The highest BCUT2D eigenvalue weighted by atomic mass is 16.4. The molecular formula is C16H18N2O4. The van der Waals surface area contributed by atoms with Gasteiger partial charge in [-0.05, 0) is 43.5 Å². The monoisotopic (exact) mass is 302 g/mol. The molecule has 0 aliphatic carbocycles. The summed E-state index contributed by atoms with van der Waals surface area (Å²) in [6.07, 6.45) is 4.95. The van der Waals surface area contributed by atoms with E-state index < -0.39 is 11.9 Å². The summed E-state index contributed by atoms with van der Waals surface area (Å²) in [5.41, 5.74) is 1.09. The maximum Gasteiger partial charge on any atom is 0.328 e. The largest absolute Gasteiger partial charge is 0.478 e. The number of aliphatic carboxylic acids is 1. The number of benzene rings is 1. The predicted molar refractivity (Wildman–Crippen MR) is 81.6 cm³/mol. The zero-order valence-electron chi connectivity index (χ0n) is 12.1. The lowest BCUT2D eigenvalue weighted by Crippen LogP contribution is -2.35. The number of nitrogens with zero attached hydrogens (tertiary/aromatic N) is 1. The van der Waals surface area contributed by atoms with E-state index in [4.69, 9.17) is 5.11 Å². The number of likely N-dealkylation sites (tertiary alicyclic amines) is 1. The van der Waals surface area contributed by atoms with Crippen LogP contribution in [-0.4, -0.2) is 40.9 Å². The zero-order chi connectivity index (χ0) is 15.9. The summed E-state index contributed by atoms with van der Waals surface area (Å²) < 4.78 is 0. The van der Waals surface area contributed by atoms with Crippen molar-refractivity contribution in [2.45, 2.75) is 19.3 Å². The molecular weight excluding hydrogens is 284 g/mol. The van der Waals surface area contributed by atoms with Crippen molar-refractivity contribution in [3.05, 3.63) is 42.0 Å². The Morgan fingerprint density at radius 2 is 1.64 bits per heavy atom. The van der Waals surface area contributed by atoms with Gasteiger partial charge in [0, 0.05) is 36.5 Å². The minimum atomic E-state index is -1.18. The average molecular weight is 302 g/mol. The number of carbonyl (C=O) groups excluding carboxylic acids is 2. The maximum atomic E-state index is 12.3. The van der Waals surface area contributed by atoms with E-state index >= 15 is 0 Å². The normalized spacial score (nSPS) is 14.8. The number of piperidine rings is 1. The van der Waals surface area contributed by atoms with Crippen molar-refractivity contribution in [1.82, 2.24) is 4.90 Å². The van der Waals surface area contributed by atoms with Crippen molar-refractivity contribution in [1.29, 1.82) is 0 Å². The molecule has 6 heteroatoms. The van der Waals surface area contributed by atoms with E-state index in [0.717, 1.165) is 38.1 Å². The van der Waals surface area contributed by atoms with E-state index in [1.807, 2.05) is 4.90 Å². The van der Waals surface area contributed by atoms with E-state index in [1.54, 1.807) is 24.3 Å². The summed E-state index contributed by atoms with van der Waals surface area (Å²) in [5, 5.41) is 11.0. The number of hydrogen-bond acceptors (Lipinski definition) is 3. The first kappa shape index (κ1) is 15.8. The van der Waals surface area contributed by atoms with Crippen LogP contribution in [0.5, 0.6) is 0 Å². The lowest BCUT2D eigenvalue weighted by Gasteiger charge is -2.26. The van der Waals surface area contributed by atoms with Crippen LogP contribution < -0.4 is 5.32 Å². The van der Waals surface area contributed by atoms with Gasteiger partial charge in [0.15, 0.2) is 0 Å². The van der Waals surface area contributed by atoms with Gasteiger partial charge in [-0.2, -0.15) is 0 Å². The van der Waals surface area contributed by atoms with Gasteiger partial charge in [0.1, 0.15) is 0 Å². The summed E-state index contributed by atoms with van der Waals surface area (Å²) in [6, 6.07) is 6.58.